The first-order valence-electron chi connectivity index (χ1n) is 5.82. The molecule has 0 unspecified atom stereocenters. The van der Waals surface area contributed by atoms with Gasteiger partial charge in [0.1, 0.15) is 11.8 Å². The summed E-state index contributed by atoms with van der Waals surface area (Å²) in [5.74, 6) is -0.391. The van der Waals surface area contributed by atoms with Crippen LogP contribution in [0, 0.1) is 0 Å². The highest BCUT2D eigenvalue weighted by molar-refractivity contribution is 5.78. The Morgan fingerprint density at radius 3 is 2.53 bits per heavy atom. The Kier molecular flexibility index (Phi) is 5.81. The van der Waals surface area contributed by atoms with E-state index < -0.39 is 12.0 Å². The second kappa shape index (κ2) is 7.38. The number of hydrogen-bond donors (Lipinski definition) is 2. The fourth-order valence-electron chi connectivity index (χ4n) is 1.31. The van der Waals surface area contributed by atoms with Crippen molar-refractivity contribution in [1.29, 1.82) is 0 Å². The largest absolute Gasteiger partial charge is 0.480 e. The Hall–Kier alpha value is -2.08. The van der Waals surface area contributed by atoms with E-state index in [0.717, 1.165) is 11.3 Å². The SMILES string of the molecule is CC(C)=NOCOc1ccc(C[C@H](N)C(=O)O)cc1. The van der Waals surface area contributed by atoms with Gasteiger partial charge in [-0.1, -0.05) is 17.3 Å². The lowest BCUT2D eigenvalue weighted by Crippen LogP contribution is -2.32. The van der Waals surface area contributed by atoms with E-state index in [-0.39, 0.29) is 13.2 Å². The molecule has 0 aliphatic heterocycles. The third kappa shape index (κ3) is 5.87. The van der Waals surface area contributed by atoms with E-state index in [4.69, 9.17) is 20.4 Å². The number of ether oxygens (including phenoxy) is 1. The normalized spacial score (nSPS) is 11.5. The summed E-state index contributed by atoms with van der Waals surface area (Å²) in [5, 5.41) is 12.4. The van der Waals surface area contributed by atoms with E-state index in [2.05, 4.69) is 5.16 Å². The zero-order chi connectivity index (χ0) is 14.3. The second-order valence-electron chi connectivity index (χ2n) is 4.22. The van der Waals surface area contributed by atoms with E-state index in [1.807, 2.05) is 13.8 Å². The van der Waals surface area contributed by atoms with Crippen LogP contribution in [-0.4, -0.2) is 29.6 Å². The van der Waals surface area contributed by atoms with Crippen molar-refractivity contribution in [2.45, 2.75) is 26.3 Å². The van der Waals surface area contributed by atoms with Crippen molar-refractivity contribution in [2.75, 3.05) is 6.79 Å². The van der Waals surface area contributed by atoms with Crippen LogP contribution in [0.25, 0.3) is 0 Å². The molecule has 1 atom stereocenters. The van der Waals surface area contributed by atoms with Crippen LogP contribution in [0.2, 0.25) is 0 Å². The summed E-state index contributed by atoms with van der Waals surface area (Å²) in [6.45, 7) is 3.67. The zero-order valence-electron chi connectivity index (χ0n) is 11.0. The second-order valence-corrected chi connectivity index (χ2v) is 4.22. The summed E-state index contributed by atoms with van der Waals surface area (Å²) in [6.07, 6.45) is 0.283. The maximum Gasteiger partial charge on any atom is 0.320 e. The highest BCUT2D eigenvalue weighted by atomic mass is 16.7. The van der Waals surface area contributed by atoms with Gasteiger partial charge in [-0.2, -0.15) is 0 Å². The monoisotopic (exact) mass is 266 g/mol. The highest BCUT2D eigenvalue weighted by Crippen LogP contribution is 2.13. The average molecular weight is 266 g/mol. The molecule has 0 saturated heterocycles. The first-order valence-corrected chi connectivity index (χ1v) is 5.82. The smallest absolute Gasteiger partial charge is 0.320 e. The molecule has 0 bridgehead atoms. The lowest BCUT2D eigenvalue weighted by atomic mass is 10.1. The molecular formula is C13H18N2O4. The lowest BCUT2D eigenvalue weighted by molar-refractivity contribution is -0.138. The van der Waals surface area contributed by atoms with Gasteiger partial charge in [-0.3, -0.25) is 4.79 Å². The predicted molar refractivity (Wildman–Crippen MR) is 71.1 cm³/mol. The van der Waals surface area contributed by atoms with Crippen LogP contribution >= 0.6 is 0 Å². The molecule has 1 rings (SSSR count). The molecule has 19 heavy (non-hydrogen) atoms. The molecule has 6 heteroatoms. The Morgan fingerprint density at radius 1 is 1.37 bits per heavy atom. The quantitative estimate of drug-likeness (QED) is 0.336. The summed E-state index contributed by atoms with van der Waals surface area (Å²) in [4.78, 5) is 15.5. The van der Waals surface area contributed by atoms with Gasteiger partial charge in [-0.05, 0) is 38.0 Å². The number of nitrogens with zero attached hydrogens (tertiary/aromatic N) is 1. The van der Waals surface area contributed by atoms with Crippen LogP contribution in [0.1, 0.15) is 19.4 Å². The molecule has 104 valence electrons. The number of rotatable bonds is 7. The van der Waals surface area contributed by atoms with Crippen LogP contribution in [0.3, 0.4) is 0 Å². The van der Waals surface area contributed by atoms with Crippen LogP contribution in [0.4, 0.5) is 0 Å². The van der Waals surface area contributed by atoms with Crippen molar-refractivity contribution in [3.05, 3.63) is 29.8 Å². The van der Waals surface area contributed by atoms with Crippen LogP contribution in [0.5, 0.6) is 5.75 Å². The van der Waals surface area contributed by atoms with Crippen molar-refractivity contribution < 1.29 is 19.5 Å². The van der Waals surface area contributed by atoms with Gasteiger partial charge >= 0.3 is 5.97 Å². The van der Waals surface area contributed by atoms with Gasteiger partial charge in [0.2, 0.25) is 0 Å². The van der Waals surface area contributed by atoms with Crippen molar-refractivity contribution in [2.24, 2.45) is 10.9 Å². The van der Waals surface area contributed by atoms with Crippen molar-refractivity contribution >= 4 is 11.7 Å². The molecule has 3 N–H and O–H groups in total. The molecule has 0 aliphatic carbocycles. The van der Waals surface area contributed by atoms with E-state index in [9.17, 15) is 4.79 Å². The number of carboxylic acids is 1. The summed E-state index contributed by atoms with van der Waals surface area (Å²) in [5.41, 5.74) is 7.09. The van der Waals surface area contributed by atoms with E-state index in [1.54, 1.807) is 24.3 Å². The third-order valence-corrected chi connectivity index (χ3v) is 2.22. The van der Waals surface area contributed by atoms with Crippen LogP contribution in [0.15, 0.2) is 29.4 Å². The van der Waals surface area contributed by atoms with Gasteiger partial charge in [0.25, 0.3) is 6.79 Å². The molecule has 0 radical (unpaired) electrons. The lowest BCUT2D eigenvalue weighted by Gasteiger charge is -2.08. The molecule has 0 amide bonds. The number of nitrogens with two attached hydrogens (primary N) is 1. The summed E-state index contributed by atoms with van der Waals surface area (Å²) < 4.78 is 5.29. The van der Waals surface area contributed by atoms with Gasteiger partial charge in [-0.15, -0.1) is 0 Å². The minimum absolute atomic E-state index is 0.0270. The first kappa shape index (κ1) is 15.0. The summed E-state index contributed by atoms with van der Waals surface area (Å²) in [6, 6.07) is 6.11. The van der Waals surface area contributed by atoms with Gasteiger partial charge < -0.3 is 20.4 Å². The van der Waals surface area contributed by atoms with Crippen LogP contribution in [-0.2, 0) is 16.1 Å². The van der Waals surface area contributed by atoms with Gasteiger partial charge in [0.05, 0.1) is 5.71 Å². The van der Waals surface area contributed by atoms with E-state index >= 15 is 0 Å². The van der Waals surface area contributed by atoms with E-state index in [0.29, 0.717) is 5.75 Å². The number of aliphatic carboxylic acids is 1. The number of carbonyl (C=O) groups is 1. The number of benzene rings is 1. The summed E-state index contributed by atoms with van der Waals surface area (Å²) >= 11 is 0. The number of carboxylic acid groups (broad SMARTS) is 1. The maximum atomic E-state index is 10.6. The molecule has 0 spiro atoms. The minimum Gasteiger partial charge on any atom is -0.480 e. The topological polar surface area (TPSA) is 94.1 Å². The minimum atomic E-state index is -1.01. The van der Waals surface area contributed by atoms with Crippen molar-refractivity contribution in [3.8, 4) is 5.75 Å². The molecular weight excluding hydrogens is 248 g/mol. The molecule has 0 aliphatic rings. The Morgan fingerprint density at radius 2 is 2.00 bits per heavy atom. The van der Waals surface area contributed by atoms with Gasteiger partial charge in [0, 0.05) is 0 Å². The van der Waals surface area contributed by atoms with Gasteiger partial charge in [0.15, 0.2) is 0 Å². The molecule has 1 aromatic carbocycles. The fourth-order valence-corrected chi connectivity index (χ4v) is 1.31. The van der Waals surface area contributed by atoms with E-state index in [1.165, 1.54) is 0 Å². The Labute approximate surface area is 111 Å². The molecule has 0 aromatic heterocycles. The first-order chi connectivity index (χ1) is 8.99. The third-order valence-electron chi connectivity index (χ3n) is 2.22. The fraction of sp³-hybridized carbons (Fsp3) is 0.385. The molecule has 0 saturated carbocycles. The van der Waals surface area contributed by atoms with Crippen LogP contribution < -0.4 is 10.5 Å². The highest BCUT2D eigenvalue weighted by Gasteiger charge is 2.11. The predicted octanol–water partition coefficient (Wildman–Crippen LogP) is 1.39. The molecule has 6 nitrogen and oxygen atoms in total. The Balaban J connectivity index is 2.43. The molecule has 1 aromatic rings. The standard InChI is InChI=1S/C13H18N2O4/c1-9(2)15-19-8-18-11-5-3-10(4-6-11)7-12(14)13(16)17/h3-6,12H,7-8,14H2,1-2H3,(H,16,17)/t12-/m0/s1. The van der Waals surface area contributed by atoms with Gasteiger partial charge in [-0.25, -0.2) is 0 Å². The molecule has 0 heterocycles. The Bertz CT molecular complexity index is 438. The van der Waals surface area contributed by atoms with Crippen molar-refractivity contribution in [3.63, 3.8) is 0 Å². The average Bonchev–Trinajstić information content (AvgIpc) is 2.36. The van der Waals surface area contributed by atoms with Crippen molar-refractivity contribution in [1.82, 2.24) is 0 Å². The summed E-state index contributed by atoms with van der Waals surface area (Å²) in [7, 11) is 0. The number of oxime groups is 1. The number of hydrogen-bond acceptors (Lipinski definition) is 5. The zero-order valence-corrected chi connectivity index (χ0v) is 11.0. The maximum absolute atomic E-state index is 10.6. The molecule has 0 fully saturated rings.